The number of anilines is 1. The molecule has 4 N–H and O–H groups in total. The number of aromatic hydroxyl groups is 1. The summed E-state index contributed by atoms with van der Waals surface area (Å²) in [7, 11) is 1.43. The number of aliphatic hydroxyl groups excluding tert-OH is 1. The molecule has 1 saturated heterocycles. The number of benzene rings is 2. The highest BCUT2D eigenvalue weighted by atomic mass is 19.1. The van der Waals surface area contributed by atoms with Crippen LogP contribution in [-0.4, -0.2) is 66.2 Å². The zero-order valence-electron chi connectivity index (χ0n) is 20.9. The lowest BCUT2D eigenvalue weighted by Crippen LogP contribution is -2.50. The van der Waals surface area contributed by atoms with E-state index in [4.69, 9.17) is 4.74 Å². The summed E-state index contributed by atoms with van der Waals surface area (Å²) < 4.78 is 19.5. The Morgan fingerprint density at radius 3 is 2.51 bits per heavy atom. The summed E-state index contributed by atoms with van der Waals surface area (Å²) in [6, 6.07) is 8.65. The fourth-order valence-corrected chi connectivity index (χ4v) is 4.67. The highest BCUT2D eigenvalue weighted by Crippen LogP contribution is 2.36. The Morgan fingerprint density at radius 1 is 1.19 bits per heavy atom. The van der Waals surface area contributed by atoms with Crippen molar-refractivity contribution in [1.29, 1.82) is 0 Å². The van der Waals surface area contributed by atoms with Crippen LogP contribution in [0.4, 0.5) is 10.1 Å². The molecule has 1 aliphatic heterocycles. The van der Waals surface area contributed by atoms with Crippen molar-refractivity contribution >= 4 is 23.3 Å². The number of aliphatic hydroxyl groups is 1. The Kier molecular flexibility index (Phi) is 7.68. The quantitative estimate of drug-likeness (QED) is 0.379. The molecule has 1 atom stereocenters. The summed E-state index contributed by atoms with van der Waals surface area (Å²) in [5.41, 5.74) is -0.389. The third kappa shape index (κ3) is 5.85. The second-order valence-electron chi connectivity index (χ2n) is 9.77. The molecular weight excluding hydrogens is 481 g/mol. The first-order valence-electron chi connectivity index (χ1n) is 12.4. The monoisotopic (exact) mass is 513 g/mol. The molecule has 1 saturated carbocycles. The summed E-state index contributed by atoms with van der Waals surface area (Å²) >= 11 is 0. The summed E-state index contributed by atoms with van der Waals surface area (Å²) in [5.74, 6) is -1.59. The Morgan fingerprint density at radius 2 is 1.89 bits per heavy atom. The minimum absolute atomic E-state index is 0.0972. The number of methoxy groups -OCH3 is 1. The van der Waals surface area contributed by atoms with E-state index in [1.165, 1.54) is 38.3 Å². The van der Waals surface area contributed by atoms with Gasteiger partial charge in [0.25, 0.3) is 5.91 Å². The molecule has 1 heterocycles. The number of piperidine rings is 1. The first-order valence-corrected chi connectivity index (χ1v) is 12.4. The molecule has 37 heavy (non-hydrogen) atoms. The van der Waals surface area contributed by atoms with E-state index in [1.807, 2.05) is 4.90 Å². The highest BCUT2D eigenvalue weighted by molar-refractivity contribution is 6.04. The molecule has 2 aromatic rings. The van der Waals surface area contributed by atoms with E-state index in [2.05, 4.69) is 10.6 Å². The van der Waals surface area contributed by atoms with Crippen LogP contribution in [0.15, 0.2) is 36.4 Å². The number of nitrogens with one attached hydrogen (secondary N) is 2. The molecule has 0 aromatic heterocycles. The van der Waals surface area contributed by atoms with Crippen LogP contribution in [0.25, 0.3) is 0 Å². The third-order valence-electron chi connectivity index (χ3n) is 7.05. The lowest BCUT2D eigenvalue weighted by molar-refractivity contribution is -0.124. The Bertz CT molecular complexity index is 1190. The maximum Gasteiger partial charge on any atom is 0.252 e. The lowest BCUT2D eigenvalue weighted by Gasteiger charge is -2.35. The number of carbonyl (C=O) groups is 3. The van der Waals surface area contributed by atoms with Gasteiger partial charge in [0.15, 0.2) is 5.78 Å². The van der Waals surface area contributed by atoms with Crippen molar-refractivity contribution in [1.82, 2.24) is 10.6 Å². The predicted octanol–water partition coefficient (Wildman–Crippen LogP) is 2.40. The Hall–Kier alpha value is -3.66. The topological polar surface area (TPSA) is 128 Å². The molecule has 2 amide bonds. The molecule has 1 aliphatic carbocycles. The van der Waals surface area contributed by atoms with Crippen molar-refractivity contribution in [2.24, 2.45) is 5.92 Å². The van der Waals surface area contributed by atoms with Crippen LogP contribution in [0.2, 0.25) is 0 Å². The van der Waals surface area contributed by atoms with Gasteiger partial charge >= 0.3 is 0 Å². The molecule has 198 valence electrons. The molecule has 2 fully saturated rings. The number of amides is 2. The summed E-state index contributed by atoms with van der Waals surface area (Å²) in [5, 5.41) is 25.3. The van der Waals surface area contributed by atoms with E-state index in [0.717, 1.165) is 12.8 Å². The molecule has 0 bridgehead atoms. The molecule has 0 radical (unpaired) electrons. The van der Waals surface area contributed by atoms with Crippen LogP contribution in [0.5, 0.6) is 11.5 Å². The second-order valence-corrected chi connectivity index (χ2v) is 9.77. The van der Waals surface area contributed by atoms with Gasteiger partial charge < -0.3 is 30.5 Å². The zero-order chi connectivity index (χ0) is 26.7. The first-order chi connectivity index (χ1) is 17.6. The van der Waals surface area contributed by atoms with Crippen LogP contribution in [-0.2, 0) is 4.79 Å². The SMILES string of the molecule is COc1cc(O)cc(C(=O)NC2(C(=O)NCC3CCN(c4cccc(F)c4C(=O)C(C)O)CC3)CC2)c1. The van der Waals surface area contributed by atoms with E-state index >= 15 is 0 Å². The van der Waals surface area contributed by atoms with Crippen molar-refractivity contribution < 1.29 is 33.7 Å². The summed E-state index contributed by atoms with van der Waals surface area (Å²) in [6.07, 6.45) is 1.20. The fraction of sp³-hybridized carbons (Fsp3) is 0.444. The normalized spacial score (nSPS) is 17.6. The van der Waals surface area contributed by atoms with E-state index in [0.29, 0.717) is 43.9 Å². The van der Waals surface area contributed by atoms with Gasteiger partial charge in [0.1, 0.15) is 29.0 Å². The average Bonchev–Trinajstić information content (AvgIpc) is 3.67. The van der Waals surface area contributed by atoms with Crippen LogP contribution in [0, 0.1) is 11.7 Å². The molecule has 4 rings (SSSR count). The van der Waals surface area contributed by atoms with Crippen LogP contribution in [0.1, 0.15) is 53.3 Å². The number of nitrogens with zero attached hydrogens (tertiary/aromatic N) is 1. The Labute approximate surface area is 214 Å². The number of phenolic OH excluding ortho intramolecular Hbond substituents is 1. The number of rotatable bonds is 9. The average molecular weight is 514 g/mol. The molecule has 9 nitrogen and oxygen atoms in total. The molecule has 1 unspecified atom stereocenters. The van der Waals surface area contributed by atoms with Gasteiger partial charge in [-0.15, -0.1) is 0 Å². The standard InChI is InChI=1S/C27H32FN3O6/c1-16(32)24(34)23-21(28)4-3-5-22(23)31-10-6-17(7-11-31)15-29-26(36)27(8-9-27)30-25(35)18-12-19(33)14-20(13-18)37-2/h3-5,12-14,16-17,32-33H,6-11,15H2,1-2H3,(H,29,36)(H,30,35). The van der Waals surface area contributed by atoms with E-state index in [-0.39, 0.29) is 28.7 Å². The van der Waals surface area contributed by atoms with E-state index < -0.39 is 29.2 Å². The molecule has 0 spiro atoms. The molecule has 2 aromatic carbocycles. The number of ketones is 1. The van der Waals surface area contributed by atoms with Crippen LogP contribution < -0.4 is 20.3 Å². The van der Waals surface area contributed by atoms with Crippen molar-refractivity contribution in [2.75, 3.05) is 31.6 Å². The largest absolute Gasteiger partial charge is 0.508 e. The number of Topliss-reactive ketones (excluding diaryl/α,β-unsaturated/α-hetero) is 1. The third-order valence-corrected chi connectivity index (χ3v) is 7.05. The minimum atomic E-state index is -1.30. The number of hydrogen-bond donors (Lipinski definition) is 4. The van der Waals surface area contributed by atoms with Gasteiger partial charge in [-0.25, -0.2) is 4.39 Å². The van der Waals surface area contributed by atoms with Gasteiger partial charge in [-0.3, -0.25) is 14.4 Å². The summed E-state index contributed by atoms with van der Waals surface area (Å²) in [6.45, 7) is 2.91. The molecule has 10 heteroatoms. The van der Waals surface area contributed by atoms with Crippen molar-refractivity contribution in [3.05, 3.63) is 53.3 Å². The maximum atomic E-state index is 14.4. The maximum absolute atomic E-state index is 14.4. The van der Waals surface area contributed by atoms with Gasteiger partial charge in [-0.1, -0.05) is 6.07 Å². The lowest BCUT2D eigenvalue weighted by atomic mass is 9.94. The van der Waals surface area contributed by atoms with Gasteiger partial charge in [-0.2, -0.15) is 0 Å². The number of hydrogen-bond acceptors (Lipinski definition) is 7. The van der Waals surface area contributed by atoms with Gasteiger partial charge in [-0.05, 0) is 62.8 Å². The summed E-state index contributed by atoms with van der Waals surface area (Å²) in [4.78, 5) is 39.9. The zero-order valence-corrected chi connectivity index (χ0v) is 20.9. The first kappa shape index (κ1) is 26.4. The molecule has 2 aliphatic rings. The highest BCUT2D eigenvalue weighted by Gasteiger charge is 2.51. The van der Waals surface area contributed by atoms with Crippen LogP contribution >= 0.6 is 0 Å². The smallest absolute Gasteiger partial charge is 0.252 e. The second kappa shape index (κ2) is 10.8. The van der Waals surface area contributed by atoms with Crippen molar-refractivity contribution in [3.63, 3.8) is 0 Å². The number of halogens is 1. The number of phenols is 1. The van der Waals surface area contributed by atoms with E-state index in [9.17, 15) is 29.0 Å². The molecular formula is C27H32FN3O6. The van der Waals surface area contributed by atoms with Crippen LogP contribution in [0.3, 0.4) is 0 Å². The number of ether oxygens (including phenoxy) is 1. The van der Waals surface area contributed by atoms with Crippen molar-refractivity contribution in [3.8, 4) is 11.5 Å². The fourth-order valence-electron chi connectivity index (χ4n) is 4.67. The van der Waals surface area contributed by atoms with Crippen molar-refractivity contribution in [2.45, 2.75) is 44.2 Å². The van der Waals surface area contributed by atoms with Gasteiger partial charge in [0, 0.05) is 31.3 Å². The van der Waals surface area contributed by atoms with E-state index in [1.54, 1.807) is 12.1 Å². The predicted molar refractivity (Wildman–Crippen MR) is 134 cm³/mol. The van der Waals surface area contributed by atoms with Gasteiger partial charge in [0.05, 0.1) is 18.4 Å². The Balaban J connectivity index is 1.31. The minimum Gasteiger partial charge on any atom is -0.508 e. The number of carbonyl (C=O) groups excluding carboxylic acids is 3. The van der Waals surface area contributed by atoms with Gasteiger partial charge in [0.2, 0.25) is 5.91 Å².